The van der Waals surface area contributed by atoms with Crippen molar-refractivity contribution in [3.63, 3.8) is 0 Å². The third kappa shape index (κ3) is 3.84. The molecule has 0 saturated carbocycles. The van der Waals surface area contributed by atoms with Gasteiger partial charge in [-0.05, 0) is 64.2 Å². The van der Waals surface area contributed by atoms with Crippen LogP contribution in [-0.4, -0.2) is 19.9 Å². The SMILES string of the molecule is c1ccc2c(c1)sc1c(-c3cc(-c4cc5nccnc5c5nccnc45)cc(-c4cccc5c4sc4ccccc45)c3)cccc12. The summed E-state index contributed by atoms with van der Waals surface area (Å²) in [5, 5.41) is 5.17. The maximum absolute atomic E-state index is 4.84. The first-order valence-electron chi connectivity index (χ1n) is 15.1. The minimum Gasteiger partial charge on any atom is -0.253 e. The van der Waals surface area contributed by atoms with Crippen LogP contribution in [0, 0.1) is 0 Å². The van der Waals surface area contributed by atoms with E-state index in [1.54, 1.807) is 24.8 Å². The van der Waals surface area contributed by atoms with Gasteiger partial charge in [0.1, 0.15) is 11.0 Å². The summed E-state index contributed by atoms with van der Waals surface area (Å²) in [4.78, 5) is 18.9. The van der Waals surface area contributed by atoms with Crippen LogP contribution >= 0.6 is 22.7 Å². The molecule has 0 aliphatic carbocycles. The summed E-state index contributed by atoms with van der Waals surface area (Å²) >= 11 is 3.72. The van der Waals surface area contributed by atoms with Crippen LogP contribution in [0.4, 0.5) is 0 Å². The van der Waals surface area contributed by atoms with Crippen molar-refractivity contribution in [1.82, 2.24) is 19.9 Å². The van der Waals surface area contributed by atoms with Gasteiger partial charge in [-0.2, -0.15) is 0 Å². The van der Waals surface area contributed by atoms with Crippen molar-refractivity contribution in [2.24, 2.45) is 0 Å². The lowest BCUT2D eigenvalue weighted by atomic mass is 9.91. The normalized spacial score (nSPS) is 11.9. The Labute approximate surface area is 271 Å². The Bertz CT molecular complexity index is 2700. The zero-order chi connectivity index (χ0) is 30.2. The lowest BCUT2D eigenvalue weighted by molar-refractivity contribution is 1.26. The Morgan fingerprint density at radius 2 is 0.848 bits per heavy atom. The van der Waals surface area contributed by atoms with Gasteiger partial charge in [-0.25, -0.2) is 0 Å². The molecule has 0 spiro atoms. The van der Waals surface area contributed by atoms with E-state index < -0.39 is 0 Å². The van der Waals surface area contributed by atoms with E-state index in [2.05, 4.69) is 119 Å². The summed E-state index contributed by atoms with van der Waals surface area (Å²) in [5.74, 6) is 0. The van der Waals surface area contributed by atoms with Gasteiger partial charge >= 0.3 is 0 Å². The van der Waals surface area contributed by atoms with Gasteiger partial charge in [0.05, 0.1) is 11.0 Å². The van der Waals surface area contributed by atoms with Gasteiger partial charge in [0.2, 0.25) is 0 Å². The monoisotopic (exact) mass is 622 g/mol. The molecule has 214 valence electrons. The van der Waals surface area contributed by atoms with Gasteiger partial charge in [-0.3, -0.25) is 19.9 Å². The molecule has 0 bridgehead atoms. The van der Waals surface area contributed by atoms with Crippen molar-refractivity contribution >= 4 is 85.1 Å². The Morgan fingerprint density at radius 3 is 1.46 bits per heavy atom. The molecule has 0 aliphatic heterocycles. The molecule has 0 amide bonds. The van der Waals surface area contributed by atoms with Crippen LogP contribution in [0.3, 0.4) is 0 Å². The molecule has 0 aliphatic rings. The lowest BCUT2D eigenvalue weighted by Gasteiger charge is -2.14. The van der Waals surface area contributed by atoms with Crippen LogP contribution in [0.15, 0.2) is 134 Å². The van der Waals surface area contributed by atoms with Crippen LogP contribution < -0.4 is 0 Å². The van der Waals surface area contributed by atoms with Crippen molar-refractivity contribution in [1.29, 1.82) is 0 Å². The van der Waals surface area contributed by atoms with E-state index >= 15 is 0 Å². The number of fused-ring (bicyclic) bond motifs is 9. The van der Waals surface area contributed by atoms with Gasteiger partial charge in [0.25, 0.3) is 0 Å². The Morgan fingerprint density at radius 1 is 0.370 bits per heavy atom. The van der Waals surface area contributed by atoms with Crippen molar-refractivity contribution in [2.75, 3.05) is 0 Å². The number of thiophene rings is 2. The Balaban J connectivity index is 1.31. The highest BCUT2D eigenvalue weighted by Crippen LogP contribution is 2.45. The molecule has 4 aromatic heterocycles. The Hall–Kier alpha value is -5.56. The summed E-state index contributed by atoms with van der Waals surface area (Å²) in [6.07, 6.45) is 6.94. The third-order valence-electron chi connectivity index (χ3n) is 8.86. The van der Waals surface area contributed by atoms with E-state index in [1.807, 2.05) is 22.7 Å². The van der Waals surface area contributed by atoms with Gasteiger partial charge < -0.3 is 0 Å². The van der Waals surface area contributed by atoms with Crippen LogP contribution in [0.25, 0.3) is 95.8 Å². The molecule has 10 aromatic rings. The summed E-state index contributed by atoms with van der Waals surface area (Å²) in [5.41, 5.74) is 9.98. The second-order valence-electron chi connectivity index (χ2n) is 11.5. The summed E-state index contributed by atoms with van der Waals surface area (Å²) in [6, 6.07) is 39.8. The highest BCUT2D eigenvalue weighted by atomic mass is 32.1. The summed E-state index contributed by atoms with van der Waals surface area (Å²) in [7, 11) is 0. The number of hydrogen-bond acceptors (Lipinski definition) is 6. The van der Waals surface area contributed by atoms with Crippen LogP contribution in [0.1, 0.15) is 0 Å². The van der Waals surface area contributed by atoms with Gasteiger partial charge in [-0.15, -0.1) is 22.7 Å². The van der Waals surface area contributed by atoms with E-state index in [0.29, 0.717) is 0 Å². The van der Waals surface area contributed by atoms with E-state index in [9.17, 15) is 0 Å². The highest BCUT2D eigenvalue weighted by Gasteiger charge is 2.18. The fourth-order valence-electron chi connectivity index (χ4n) is 6.81. The van der Waals surface area contributed by atoms with Gasteiger partial charge in [0.15, 0.2) is 0 Å². The number of rotatable bonds is 3. The first-order chi connectivity index (χ1) is 22.8. The number of benzene rings is 6. The molecule has 0 atom stereocenters. The van der Waals surface area contributed by atoms with Crippen LogP contribution in [0.5, 0.6) is 0 Å². The highest BCUT2D eigenvalue weighted by molar-refractivity contribution is 7.26. The second kappa shape index (κ2) is 9.97. The third-order valence-corrected chi connectivity index (χ3v) is 11.3. The topological polar surface area (TPSA) is 51.6 Å². The molecule has 10 rings (SSSR count). The fourth-order valence-corrected chi connectivity index (χ4v) is 9.29. The average molecular weight is 623 g/mol. The first kappa shape index (κ1) is 25.7. The van der Waals surface area contributed by atoms with Crippen LogP contribution in [0.2, 0.25) is 0 Å². The van der Waals surface area contributed by atoms with Gasteiger partial charge in [0, 0.05) is 70.7 Å². The Kier molecular flexibility index (Phi) is 5.58. The zero-order valence-electron chi connectivity index (χ0n) is 24.3. The smallest absolute Gasteiger partial charge is 0.117 e. The lowest BCUT2D eigenvalue weighted by Crippen LogP contribution is -1.94. The summed E-state index contributed by atoms with van der Waals surface area (Å²) < 4.78 is 5.18. The largest absolute Gasteiger partial charge is 0.253 e. The quantitative estimate of drug-likeness (QED) is 0.184. The van der Waals surface area contributed by atoms with E-state index in [4.69, 9.17) is 9.97 Å². The fraction of sp³-hybridized carbons (Fsp3) is 0. The van der Waals surface area contributed by atoms with Crippen molar-refractivity contribution in [3.05, 3.63) is 134 Å². The predicted molar refractivity (Wildman–Crippen MR) is 195 cm³/mol. The first-order valence-corrected chi connectivity index (χ1v) is 16.7. The van der Waals surface area contributed by atoms with E-state index in [-0.39, 0.29) is 0 Å². The van der Waals surface area contributed by atoms with Crippen molar-refractivity contribution < 1.29 is 0 Å². The van der Waals surface area contributed by atoms with E-state index in [0.717, 1.165) is 33.2 Å². The molecular formula is C40H22N4S2. The minimum atomic E-state index is 0.758. The molecule has 0 unspecified atom stereocenters. The molecule has 0 N–H and O–H groups in total. The standard InChI is InChI=1S/C40H22N4S2/c1-3-13-34-28(7-1)30-11-5-9-26(39(30)45-34)23-19-24(27-10-6-12-31-29-8-2-4-14-35(29)46-40(27)31)21-25(20-23)32-22-33-37(43-16-15-41-33)38-36(32)42-17-18-44-38/h1-22H. The minimum absolute atomic E-state index is 0.758. The molecule has 46 heavy (non-hydrogen) atoms. The molecule has 0 radical (unpaired) electrons. The van der Waals surface area contributed by atoms with Gasteiger partial charge in [-0.1, -0.05) is 72.8 Å². The second-order valence-corrected chi connectivity index (χ2v) is 13.6. The predicted octanol–water partition coefficient (Wildman–Crippen LogP) is 11.3. The molecular weight excluding hydrogens is 601 g/mol. The molecule has 6 aromatic carbocycles. The van der Waals surface area contributed by atoms with Crippen molar-refractivity contribution in [3.8, 4) is 33.4 Å². The maximum atomic E-state index is 4.84. The number of nitrogens with zero attached hydrogens (tertiary/aromatic N) is 4. The zero-order valence-corrected chi connectivity index (χ0v) is 25.9. The number of aromatic nitrogens is 4. The van der Waals surface area contributed by atoms with Crippen molar-refractivity contribution in [2.45, 2.75) is 0 Å². The summed E-state index contributed by atoms with van der Waals surface area (Å²) in [6.45, 7) is 0. The molecule has 4 heterocycles. The molecule has 0 saturated heterocycles. The van der Waals surface area contributed by atoms with Crippen LogP contribution in [-0.2, 0) is 0 Å². The number of hydrogen-bond donors (Lipinski definition) is 0. The van der Waals surface area contributed by atoms with E-state index in [1.165, 1.54) is 62.6 Å². The average Bonchev–Trinajstić information content (AvgIpc) is 3.70. The molecule has 4 nitrogen and oxygen atoms in total. The molecule has 0 fully saturated rings. The molecule has 6 heteroatoms. The maximum Gasteiger partial charge on any atom is 0.117 e.